The lowest BCUT2D eigenvalue weighted by atomic mass is 9.79. The fourth-order valence-electron chi connectivity index (χ4n) is 4.68. The van der Waals surface area contributed by atoms with Crippen LogP contribution in [0, 0.1) is 0 Å². The highest BCUT2D eigenvalue weighted by atomic mass is 19.3. The number of halogens is 2. The van der Waals surface area contributed by atoms with Crippen molar-refractivity contribution >= 4 is 11.9 Å². The summed E-state index contributed by atoms with van der Waals surface area (Å²) < 4.78 is 44.3. The third kappa shape index (κ3) is 6.11. The van der Waals surface area contributed by atoms with Crippen molar-refractivity contribution in [2.45, 2.75) is 25.6 Å². The molecule has 0 radical (unpaired) electrons. The second-order valence-corrected chi connectivity index (χ2v) is 8.74. The van der Waals surface area contributed by atoms with Gasteiger partial charge in [-0.2, -0.15) is 17.9 Å². The first-order valence-electron chi connectivity index (χ1n) is 12.1. The van der Waals surface area contributed by atoms with Crippen LogP contribution in [0.1, 0.15) is 11.5 Å². The van der Waals surface area contributed by atoms with Crippen molar-refractivity contribution in [3.63, 3.8) is 0 Å². The molecule has 0 atom stereocenters. The van der Waals surface area contributed by atoms with Gasteiger partial charge in [0.05, 0.1) is 42.7 Å². The Morgan fingerprint density at radius 2 is 1.23 bits per heavy atom. The molecule has 1 aliphatic heterocycles. The molecule has 0 fully saturated rings. The van der Waals surface area contributed by atoms with E-state index in [1.54, 1.807) is 19.2 Å². The van der Waals surface area contributed by atoms with Crippen molar-refractivity contribution in [1.82, 2.24) is 4.90 Å². The summed E-state index contributed by atoms with van der Waals surface area (Å²) in [6.07, 6.45) is 7.47. The highest BCUT2D eigenvalue weighted by Gasteiger charge is 2.43. The molecule has 1 aliphatic rings. The van der Waals surface area contributed by atoms with E-state index in [9.17, 15) is 18.4 Å². The van der Waals surface area contributed by atoms with E-state index in [0.717, 1.165) is 0 Å². The standard InChI is InChI=1S/C29H29F2N3O5/c1-32-22(18-33-14-6-4-7-15-33)25(27(35)37-2)24(20-10-12-21(13-11-20)39-29(30)31)26(28(36)38-3)23(32)19-34-16-8-5-9-17-34/h4-17,24,29H,18-19H2,1-3H3/q+2. The molecule has 8 nitrogen and oxygen atoms in total. The molecule has 0 saturated carbocycles. The molecule has 0 aliphatic carbocycles. The average Bonchev–Trinajstić information content (AvgIpc) is 2.95. The smallest absolute Gasteiger partial charge is 0.387 e. The van der Waals surface area contributed by atoms with Crippen molar-refractivity contribution in [2.75, 3.05) is 21.3 Å². The van der Waals surface area contributed by atoms with Gasteiger partial charge in [0.15, 0.2) is 37.9 Å². The molecule has 3 heterocycles. The van der Waals surface area contributed by atoms with Gasteiger partial charge >= 0.3 is 18.6 Å². The fourth-order valence-corrected chi connectivity index (χ4v) is 4.68. The largest absolute Gasteiger partial charge is 0.466 e. The quantitative estimate of drug-likeness (QED) is 0.309. The van der Waals surface area contributed by atoms with E-state index >= 15 is 0 Å². The minimum atomic E-state index is -2.99. The number of pyridine rings is 2. The maximum Gasteiger partial charge on any atom is 0.387 e. The number of carbonyl (C=O) groups is 2. The van der Waals surface area contributed by atoms with E-state index in [1.165, 1.54) is 26.4 Å². The monoisotopic (exact) mass is 537 g/mol. The number of aromatic nitrogens is 2. The van der Waals surface area contributed by atoms with Crippen LogP contribution in [0.25, 0.3) is 0 Å². The first-order valence-corrected chi connectivity index (χ1v) is 12.1. The van der Waals surface area contributed by atoms with Gasteiger partial charge in [-0.1, -0.05) is 24.3 Å². The molecule has 2 aromatic heterocycles. The number of benzene rings is 1. The van der Waals surface area contributed by atoms with Gasteiger partial charge < -0.3 is 19.1 Å². The summed E-state index contributed by atoms with van der Waals surface area (Å²) in [5.74, 6) is -2.20. The number of carbonyl (C=O) groups excluding carboxylic acids is 2. The van der Waals surface area contributed by atoms with Crippen LogP contribution < -0.4 is 13.9 Å². The summed E-state index contributed by atoms with van der Waals surface area (Å²) in [4.78, 5) is 28.6. The second-order valence-electron chi connectivity index (χ2n) is 8.74. The number of alkyl halides is 2. The molecular formula is C29H29F2N3O5+2. The fraction of sp³-hybridized carbons (Fsp3) is 0.241. The Morgan fingerprint density at radius 1 is 0.795 bits per heavy atom. The minimum absolute atomic E-state index is 0.0472. The van der Waals surface area contributed by atoms with E-state index in [1.807, 2.05) is 75.2 Å². The molecule has 1 aromatic carbocycles. The summed E-state index contributed by atoms with van der Waals surface area (Å²) in [7, 11) is 4.34. The maximum absolute atomic E-state index is 13.4. The third-order valence-corrected chi connectivity index (χ3v) is 6.48. The van der Waals surface area contributed by atoms with Crippen molar-refractivity contribution in [3.05, 3.63) is 114 Å². The molecule has 202 valence electrons. The number of rotatable bonds is 9. The topological polar surface area (TPSA) is 72.8 Å². The van der Waals surface area contributed by atoms with Gasteiger partial charge in [-0.15, -0.1) is 0 Å². The number of ether oxygens (including phenoxy) is 3. The van der Waals surface area contributed by atoms with Gasteiger partial charge in [-0.3, -0.25) is 0 Å². The summed E-state index contributed by atoms with van der Waals surface area (Å²) in [6.45, 7) is -2.40. The van der Waals surface area contributed by atoms with Gasteiger partial charge in [0.1, 0.15) is 5.75 Å². The van der Waals surface area contributed by atoms with E-state index in [0.29, 0.717) is 30.0 Å². The van der Waals surface area contributed by atoms with Crippen LogP contribution in [-0.2, 0) is 32.2 Å². The first kappa shape index (κ1) is 27.4. The molecule has 0 spiro atoms. The lowest BCUT2D eigenvalue weighted by Gasteiger charge is -2.35. The molecule has 4 rings (SSSR count). The molecule has 3 aromatic rings. The van der Waals surface area contributed by atoms with Crippen molar-refractivity contribution < 1.29 is 41.7 Å². The van der Waals surface area contributed by atoms with Gasteiger partial charge in [0.2, 0.25) is 0 Å². The van der Waals surface area contributed by atoms with Gasteiger partial charge in [0.25, 0.3) is 0 Å². The Hall–Kier alpha value is -4.60. The average molecular weight is 538 g/mol. The molecule has 0 bridgehead atoms. The minimum Gasteiger partial charge on any atom is -0.466 e. The summed E-state index contributed by atoms with van der Waals surface area (Å²) in [5, 5.41) is 0. The van der Waals surface area contributed by atoms with E-state index in [-0.39, 0.29) is 16.9 Å². The van der Waals surface area contributed by atoms with Crippen molar-refractivity contribution in [2.24, 2.45) is 0 Å². The summed E-state index contributed by atoms with van der Waals surface area (Å²) in [6, 6.07) is 17.1. The molecule has 0 amide bonds. The van der Waals surface area contributed by atoms with Crippen molar-refractivity contribution in [1.29, 1.82) is 0 Å². The van der Waals surface area contributed by atoms with E-state index in [4.69, 9.17) is 9.47 Å². The number of hydrogen-bond donors (Lipinski definition) is 0. The van der Waals surface area contributed by atoms with Crippen LogP contribution in [0.3, 0.4) is 0 Å². The Bertz CT molecular complexity index is 1300. The number of hydrogen-bond acceptors (Lipinski definition) is 6. The lowest BCUT2D eigenvalue weighted by molar-refractivity contribution is -0.693. The lowest BCUT2D eigenvalue weighted by Crippen LogP contribution is -2.46. The summed E-state index contributed by atoms with van der Waals surface area (Å²) >= 11 is 0. The molecule has 39 heavy (non-hydrogen) atoms. The highest BCUT2D eigenvalue weighted by molar-refractivity contribution is 5.99. The van der Waals surface area contributed by atoms with Gasteiger partial charge in [0, 0.05) is 31.3 Å². The van der Waals surface area contributed by atoms with Crippen LogP contribution in [0.5, 0.6) is 5.75 Å². The Balaban J connectivity index is 1.96. The first-order chi connectivity index (χ1) is 18.8. The number of methoxy groups -OCH3 is 2. The summed E-state index contributed by atoms with van der Waals surface area (Å²) in [5.41, 5.74) is 2.20. The van der Waals surface area contributed by atoms with Crippen LogP contribution in [0.15, 0.2) is 108 Å². The Kier molecular flexibility index (Phi) is 8.65. The predicted molar refractivity (Wildman–Crippen MR) is 135 cm³/mol. The van der Waals surface area contributed by atoms with Gasteiger partial charge in [-0.25, -0.2) is 9.59 Å². The zero-order valence-electron chi connectivity index (χ0n) is 21.8. The van der Waals surface area contributed by atoms with Gasteiger partial charge in [-0.05, 0) is 17.7 Å². The molecule has 0 saturated heterocycles. The number of nitrogens with zero attached hydrogens (tertiary/aromatic N) is 3. The number of esters is 2. The van der Waals surface area contributed by atoms with Crippen LogP contribution >= 0.6 is 0 Å². The normalized spacial score (nSPS) is 14.1. The molecule has 0 N–H and O–H groups in total. The molecule has 0 unspecified atom stereocenters. The van der Waals surface area contributed by atoms with Crippen molar-refractivity contribution in [3.8, 4) is 5.75 Å². The predicted octanol–water partition coefficient (Wildman–Crippen LogP) is 3.15. The highest BCUT2D eigenvalue weighted by Crippen LogP contribution is 2.43. The zero-order chi connectivity index (χ0) is 27.9. The molecule has 10 heteroatoms. The zero-order valence-corrected chi connectivity index (χ0v) is 21.8. The molecular weight excluding hydrogens is 508 g/mol. The van der Waals surface area contributed by atoms with Crippen LogP contribution in [0.4, 0.5) is 8.78 Å². The third-order valence-electron chi connectivity index (χ3n) is 6.48. The number of allylic oxidation sites excluding steroid dienone is 2. The Labute approximate surface area is 225 Å². The van der Waals surface area contributed by atoms with Crippen LogP contribution in [0.2, 0.25) is 0 Å². The second kappa shape index (κ2) is 12.3. The SMILES string of the molecule is COC(=O)C1=C(C[n+]2ccccc2)N(C)C(C[n+]2ccccc2)=C(C(=O)OC)C1c1ccc(OC(F)F)cc1. The van der Waals surface area contributed by atoms with E-state index in [2.05, 4.69) is 4.74 Å². The Morgan fingerprint density at radius 3 is 1.62 bits per heavy atom. The van der Waals surface area contributed by atoms with Crippen LogP contribution in [-0.4, -0.2) is 44.7 Å². The maximum atomic E-state index is 13.4. The number of likely N-dealkylation sites (N-methyl/N-ethyl adjacent to an activating group) is 1. The van der Waals surface area contributed by atoms with E-state index < -0.39 is 24.5 Å².